The third-order valence-corrected chi connectivity index (χ3v) is 4.44. The van der Waals surface area contributed by atoms with E-state index in [1.165, 1.54) is 25.7 Å². The quantitative estimate of drug-likeness (QED) is 0.600. The molecule has 0 saturated heterocycles. The summed E-state index contributed by atoms with van der Waals surface area (Å²) in [4.78, 5) is 12.1. The van der Waals surface area contributed by atoms with Crippen molar-refractivity contribution >= 4 is 17.5 Å². The van der Waals surface area contributed by atoms with Crippen molar-refractivity contribution in [3.8, 4) is 5.75 Å². The molecule has 5 heteroatoms. The molecule has 1 fully saturated rings. The van der Waals surface area contributed by atoms with Gasteiger partial charge in [-0.25, -0.2) is 5.06 Å². The summed E-state index contributed by atoms with van der Waals surface area (Å²) in [5.74, 6) is 0.914. The summed E-state index contributed by atoms with van der Waals surface area (Å²) in [6.07, 6.45) is 6.40. The Morgan fingerprint density at radius 3 is 2.64 bits per heavy atom. The van der Waals surface area contributed by atoms with Crippen molar-refractivity contribution in [2.45, 2.75) is 51.6 Å². The maximum atomic E-state index is 12.1. The zero-order valence-electron chi connectivity index (χ0n) is 13.0. The van der Waals surface area contributed by atoms with Gasteiger partial charge in [-0.3, -0.25) is 10.0 Å². The maximum absolute atomic E-state index is 12.1. The highest BCUT2D eigenvalue weighted by Crippen LogP contribution is 2.28. The average Bonchev–Trinajstić information content (AvgIpc) is 3.02. The average molecular weight is 326 g/mol. The minimum Gasteiger partial charge on any atom is -0.481 e. The number of rotatable bonds is 7. The van der Waals surface area contributed by atoms with Crippen LogP contribution in [0.5, 0.6) is 5.75 Å². The van der Waals surface area contributed by atoms with Crippen LogP contribution in [-0.4, -0.2) is 28.8 Å². The number of amides is 1. The van der Waals surface area contributed by atoms with E-state index in [2.05, 4.69) is 0 Å². The van der Waals surface area contributed by atoms with Crippen LogP contribution in [0.4, 0.5) is 0 Å². The molecule has 4 nitrogen and oxygen atoms in total. The van der Waals surface area contributed by atoms with Gasteiger partial charge < -0.3 is 4.74 Å². The molecule has 1 aromatic carbocycles. The van der Waals surface area contributed by atoms with Crippen LogP contribution in [0, 0.1) is 5.92 Å². The molecule has 1 atom stereocenters. The normalized spacial score (nSPS) is 16.5. The largest absolute Gasteiger partial charge is 0.481 e. The second-order valence-corrected chi connectivity index (χ2v) is 6.40. The molecule has 122 valence electrons. The molecule has 0 unspecified atom stereocenters. The van der Waals surface area contributed by atoms with Gasteiger partial charge in [0.15, 0.2) is 6.10 Å². The lowest BCUT2D eigenvalue weighted by molar-refractivity contribution is -0.172. The lowest BCUT2D eigenvalue weighted by Gasteiger charge is -2.21. The molecule has 0 aromatic heterocycles. The van der Waals surface area contributed by atoms with Crippen LogP contribution in [0.25, 0.3) is 0 Å². The van der Waals surface area contributed by atoms with Crippen LogP contribution in [-0.2, 0) is 4.79 Å². The minimum atomic E-state index is -0.724. The first-order chi connectivity index (χ1) is 10.6. The van der Waals surface area contributed by atoms with Crippen molar-refractivity contribution in [2.75, 3.05) is 6.54 Å². The molecule has 0 aliphatic heterocycles. The number of halogens is 1. The highest BCUT2D eigenvalue weighted by Gasteiger charge is 2.21. The number of ether oxygens (including phenoxy) is 1. The van der Waals surface area contributed by atoms with Crippen LogP contribution in [0.3, 0.4) is 0 Å². The fourth-order valence-electron chi connectivity index (χ4n) is 2.92. The molecule has 2 rings (SSSR count). The van der Waals surface area contributed by atoms with Crippen LogP contribution in [0.15, 0.2) is 24.3 Å². The molecule has 22 heavy (non-hydrogen) atoms. The van der Waals surface area contributed by atoms with E-state index >= 15 is 0 Å². The van der Waals surface area contributed by atoms with Crippen molar-refractivity contribution in [3.05, 3.63) is 29.3 Å². The van der Waals surface area contributed by atoms with E-state index in [0.717, 1.165) is 23.8 Å². The highest BCUT2D eigenvalue weighted by molar-refractivity contribution is 6.30. The summed E-state index contributed by atoms with van der Waals surface area (Å²) >= 11 is 5.80. The first-order valence-electron chi connectivity index (χ1n) is 7.98. The van der Waals surface area contributed by atoms with Gasteiger partial charge in [-0.1, -0.05) is 37.3 Å². The van der Waals surface area contributed by atoms with Gasteiger partial charge in [-0.15, -0.1) is 0 Å². The molecule has 1 aliphatic carbocycles. The lowest BCUT2D eigenvalue weighted by Crippen LogP contribution is -2.39. The van der Waals surface area contributed by atoms with Crippen LogP contribution < -0.4 is 4.74 Å². The van der Waals surface area contributed by atoms with Crippen molar-refractivity contribution < 1.29 is 14.7 Å². The topological polar surface area (TPSA) is 49.8 Å². The first kappa shape index (κ1) is 17.1. The molecule has 0 radical (unpaired) electrons. The van der Waals surface area contributed by atoms with Gasteiger partial charge in [0.1, 0.15) is 5.75 Å². The van der Waals surface area contributed by atoms with Gasteiger partial charge in [0.25, 0.3) is 5.91 Å². The van der Waals surface area contributed by atoms with Crippen molar-refractivity contribution in [3.63, 3.8) is 0 Å². The lowest BCUT2D eigenvalue weighted by atomic mass is 10.0. The van der Waals surface area contributed by atoms with Gasteiger partial charge in [0, 0.05) is 11.6 Å². The summed E-state index contributed by atoms with van der Waals surface area (Å²) < 4.78 is 5.52. The molecule has 1 aromatic rings. The SMILES string of the molecule is C[C@H](Oc1ccc(Cl)cc1)C(=O)N(O)CCCC1CCCC1. The van der Waals surface area contributed by atoms with Crippen molar-refractivity contribution in [1.82, 2.24) is 5.06 Å². The monoisotopic (exact) mass is 325 g/mol. The predicted octanol–water partition coefficient (Wildman–Crippen LogP) is 4.30. The van der Waals surface area contributed by atoms with Crippen molar-refractivity contribution in [2.24, 2.45) is 5.92 Å². The summed E-state index contributed by atoms with van der Waals surface area (Å²) in [7, 11) is 0. The highest BCUT2D eigenvalue weighted by atomic mass is 35.5. The summed E-state index contributed by atoms with van der Waals surface area (Å²) in [5, 5.41) is 11.3. The van der Waals surface area contributed by atoms with E-state index in [4.69, 9.17) is 16.3 Å². The van der Waals surface area contributed by atoms with E-state index in [9.17, 15) is 10.0 Å². The van der Waals surface area contributed by atoms with E-state index in [1.807, 2.05) is 0 Å². The maximum Gasteiger partial charge on any atom is 0.286 e. The van der Waals surface area contributed by atoms with Gasteiger partial charge in [-0.2, -0.15) is 0 Å². The molecule has 1 amide bonds. The number of hydrogen-bond acceptors (Lipinski definition) is 3. The second-order valence-electron chi connectivity index (χ2n) is 5.97. The standard InChI is InChI=1S/C17H24ClNO3/c1-13(22-16-10-8-15(18)9-11-16)17(20)19(21)12-4-7-14-5-2-3-6-14/h8-11,13-14,21H,2-7,12H2,1H3/t13-/m0/s1. The number of nitrogens with zero attached hydrogens (tertiary/aromatic N) is 1. The minimum absolute atomic E-state index is 0.365. The summed E-state index contributed by atoms with van der Waals surface area (Å²) in [6.45, 7) is 2.00. The van der Waals surface area contributed by atoms with E-state index in [1.54, 1.807) is 31.2 Å². The molecular formula is C17H24ClNO3. The van der Waals surface area contributed by atoms with Gasteiger partial charge in [0.05, 0.1) is 0 Å². The Labute approximate surface area is 137 Å². The second kappa shape index (κ2) is 8.39. The van der Waals surface area contributed by atoms with Gasteiger partial charge >= 0.3 is 0 Å². The molecular weight excluding hydrogens is 302 g/mol. The smallest absolute Gasteiger partial charge is 0.286 e. The zero-order chi connectivity index (χ0) is 15.9. The third-order valence-electron chi connectivity index (χ3n) is 4.19. The van der Waals surface area contributed by atoms with Gasteiger partial charge in [0.2, 0.25) is 0 Å². The molecule has 0 spiro atoms. The first-order valence-corrected chi connectivity index (χ1v) is 8.36. The Morgan fingerprint density at radius 2 is 2.00 bits per heavy atom. The van der Waals surface area contributed by atoms with Crippen LogP contribution in [0.2, 0.25) is 5.02 Å². The molecule has 1 aliphatic rings. The summed E-state index contributed by atoms with van der Waals surface area (Å²) in [5.41, 5.74) is 0. The fourth-order valence-corrected chi connectivity index (χ4v) is 3.04. The van der Waals surface area contributed by atoms with Gasteiger partial charge in [-0.05, 0) is 49.9 Å². The zero-order valence-corrected chi connectivity index (χ0v) is 13.8. The molecule has 1 saturated carbocycles. The molecule has 0 heterocycles. The molecule has 0 bridgehead atoms. The number of benzene rings is 1. The van der Waals surface area contributed by atoms with Crippen molar-refractivity contribution in [1.29, 1.82) is 0 Å². The Balaban J connectivity index is 1.72. The van der Waals surface area contributed by atoms with E-state index < -0.39 is 12.0 Å². The molecule has 1 N–H and O–H groups in total. The Hall–Kier alpha value is -1.26. The van der Waals surface area contributed by atoms with Crippen LogP contribution >= 0.6 is 11.6 Å². The van der Waals surface area contributed by atoms with E-state index in [0.29, 0.717) is 17.3 Å². The Morgan fingerprint density at radius 1 is 1.36 bits per heavy atom. The third kappa shape index (κ3) is 5.18. The Bertz CT molecular complexity index is 471. The number of hydroxylamine groups is 2. The van der Waals surface area contributed by atoms with Crippen LogP contribution in [0.1, 0.15) is 45.4 Å². The Kier molecular flexibility index (Phi) is 6.52. The summed E-state index contributed by atoms with van der Waals surface area (Å²) in [6, 6.07) is 6.81. The number of carbonyl (C=O) groups excluding carboxylic acids is 1. The fraction of sp³-hybridized carbons (Fsp3) is 0.588. The number of hydrogen-bond donors (Lipinski definition) is 1. The predicted molar refractivity (Wildman–Crippen MR) is 86.2 cm³/mol. The van der Waals surface area contributed by atoms with E-state index in [-0.39, 0.29) is 0 Å². The number of carbonyl (C=O) groups is 1.